The van der Waals surface area contributed by atoms with Crippen molar-refractivity contribution in [1.29, 1.82) is 0 Å². The Hall–Kier alpha value is -0.300. The van der Waals surface area contributed by atoms with Gasteiger partial charge in [-0.2, -0.15) is 0 Å². The smallest absolute Gasteiger partial charge is 0.0833 e. The lowest BCUT2D eigenvalue weighted by molar-refractivity contribution is 0.0236. The fourth-order valence-electron chi connectivity index (χ4n) is 2.10. The average Bonchev–Trinajstić information content (AvgIpc) is 2.10. The fourth-order valence-corrected chi connectivity index (χ4v) is 2.10. The van der Waals surface area contributed by atoms with Crippen LogP contribution in [0.5, 0.6) is 0 Å². The summed E-state index contributed by atoms with van der Waals surface area (Å²) in [4.78, 5) is 0. The zero-order valence-corrected chi connectivity index (χ0v) is 10.0. The molecular formula is C13H24O. The van der Waals surface area contributed by atoms with E-state index in [4.69, 9.17) is 0 Å². The quantitative estimate of drug-likeness (QED) is 0.685. The van der Waals surface area contributed by atoms with E-state index in [0.29, 0.717) is 5.92 Å². The van der Waals surface area contributed by atoms with E-state index in [-0.39, 0.29) is 5.41 Å². The van der Waals surface area contributed by atoms with Crippen LogP contribution in [0.2, 0.25) is 0 Å². The van der Waals surface area contributed by atoms with Crippen LogP contribution in [-0.2, 0) is 0 Å². The molecule has 0 radical (unpaired) electrons. The molecule has 0 amide bonds. The third kappa shape index (κ3) is 3.13. The van der Waals surface area contributed by atoms with Gasteiger partial charge in [0.25, 0.3) is 0 Å². The van der Waals surface area contributed by atoms with Gasteiger partial charge < -0.3 is 5.11 Å². The fraction of sp³-hybridized carbons (Fsp3) is 0.846. The summed E-state index contributed by atoms with van der Waals surface area (Å²) in [5, 5.41) is 10.4. The van der Waals surface area contributed by atoms with Gasteiger partial charge in [0, 0.05) is 0 Å². The number of aliphatic hydroxyl groups is 1. The first-order valence-electron chi connectivity index (χ1n) is 5.79. The molecule has 1 heteroatoms. The van der Waals surface area contributed by atoms with Gasteiger partial charge in [0.05, 0.1) is 5.60 Å². The van der Waals surface area contributed by atoms with E-state index in [2.05, 4.69) is 33.8 Å². The SMILES string of the molecule is CCC(C)(C)CC1(O)C=CC(C)CC1. The second kappa shape index (κ2) is 4.06. The molecule has 2 atom stereocenters. The van der Waals surface area contributed by atoms with Crippen LogP contribution < -0.4 is 0 Å². The van der Waals surface area contributed by atoms with Crippen LogP contribution in [-0.4, -0.2) is 10.7 Å². The highest BCUT2D eigenvalue weighted by Crippen LogP contribution is 2.37. The summed E-state index contributed by atoms with van der Waals surface area (Å²) in [5.41, 5.74) is -0.286. The molecule has 0 aliphatic heterocycles. The van der Waals surface area contributed by atoms with Crippen molar-refractivity contribution in [3.05, 3.63) is 12.2 Å². The molecule has 0 fully saturated rings. The van der Waals surface area contributed by atoms with Gasteiger partial charge in [-0.15, -0.1) is 0 Å². The van der Waals surface area contributed by atoms with E-state index in [1.54, 1.807) is 0 Å². The van der Waals surface area contributed by atoms with Crippen molar-refractivity contribution in [3.8, 4) is 0 Å². The highest BCUT2D eigenvalue weighted by atomic mass is 16.3. The molecule has 1 nitrogen and oxygen atoms in total. The Kier molecular flexibility index (Phi) is 3.41. The zero-order chi connectivity index (χ0) is 10.8. The summed E-state index contributed by atoms with van der Waals surface area (Å²) >= 11 is 0. The van der Waals surface area contributed by atoms with Gasteiger partial charge in [-0.25, -0.2) is 0 Å². The average molecular weight is 196 g/mol. The van der Waals surface area contributed by atoms with E-state index >= 15 is 0 Å². The largest absolute Gasteiger partial charge is 0.386 e. The lowest BCUT2D eigenvalue weighted by Gasteiger charge is -2.36. The molecule has 2 unspecified atom stereocenters. The van der Waals surface area contributed by atoms with E-state index in [1.165, 1.54) is 0 Å². The maximum absolute atomic E-state index is 10.4. The van der Waals surface area contributed by atoms with E-state index < -0.39 is 5.60 Å². The van der Waals surface area contributed by atoms with Crippen molar-refractivity contribution in [3.63, 3.8) is 0 Å². The molecule has 0 spiro atoms. The summed E-state index contributed by atoms with van der Waals surface area (Å²) < 4.78 is 0. The van der Waals surface area contributed by atoms with Gasteiger partial charge >= 0.3 is 0 Å². The van der Waals surface area contributed by atoms with Crippen molar-refractivity contribution in [2.45, 2.75) is 59.0 Å². The topological polar surface area (TPSA) is 20.2 Å². The summed E-state index contributed by atoms with van der Waals surface area (Å²) in [6.45, 7) is 8.87. The van der Waals surface area contributed by atoms with Gasteiger partial charge in [-0.1, -0.05) is 46.3 Å². The maximum atomic E-state index is 10.4. The lowest BCUT2D eigenvalue weighted by atomic mass is 9.73. The van der Waals surface area contributed by atoms with Gasteiger partial charge in [0.1, 0.15) is 0 Å². The van der Waals surface area contributed by atoms with Crippen LogP contribution in [0.1, 0.15) is 53.4 Å². The lowest BCUT2D eigenvalue weighted by Crippen LogP contribution is -2.34. The summed E-state index contributed by atoms with van der Waals surface area (Å²) in [7, 11) is 0. The highest BCUT2D eigenvalue weighted by Gasteiger charge is 2.33. The third-order valence-electron chi connectivity index (χ3n) is 3.51. The molecule has 0 saturated heterocycles. The number of rotatable bonds is 3. The molecule has 0 aromatic rings. The van der Waals surface area contributed by atoms with E-state index in [0.717, 1.165) is 25.7 Å². The van der Waals surface area contributed by atoms with Crippen molar-refractivity contribution in [2.75, 3.05) is 0 Å². The summed E-state index contributed by atoms with van der Waals surface area (Å²) in [5.74, 6) is 0.639. The van der Waals surface area contributed by atoms with Gasteiger partial charge in [-0.05, 0) is 30.6 Å². The van der Waals surface area contributed by atoms with Crippen LogP contribution in [0.4, 0.5) is 0 Å². The Balaban J connectivity index is 2.63. The second-order valence-corrected chi connectivity index (χ2v) is 5.67. The monoisotopic (exact) mass is 196 g/mol. The second-order valence-electron chi connectivity index (χ2n) is 5.67. The van der Waals surface area contributed by atoms with Crippen LogP contribution in [0.25, 0.3) is 0 Å². The first-order valence-corrected chi connectivity index (χ1v) is 5.79. The Morgan fingerprint density at radius 3 is 2.57 bits per heavy atom. The Bertz CT molecular complexity index is 217. The maximum Gasteiger partial charge on any atom is 0.0833 e. The summed E-state index contributed by atoms with van der Waals surface area (Å²) in [6, 6.07) is 0. The van der Waals surface area contributed by atoms with E-state index in [1.807, 2.05) is 6.08 Å². The molecule has 1 aliphatic rings. The number of hydrogen-bond acceptors (Lipinski definition) is 1. The van der Waals surface area contributed by atoms with Crippen molar-refractivity contribution in [2.24, 2.45) is 11.3 Å². The molecule has 0 aromatic carbocycles. The first kappa shape index (κ1) is 11.8. The molecule has 0 aromatic heterocycles. The minimum absolute atomic E-state index is 0.250. The molecular weight excluding hydrogens is 172 g/mol. The number of allylic oxidation sites excluding steroid dienone is 1. The minimum Gasteiger partial charge on any atom is -0.386 e. The van der Waals surface area contributed by atoms with E-state index in [9.17, 15) is 5.11 Å². The molecule has 1 rings (SSSR count). The summed E-state index contributed by atoms with van der Waals surface area (Å²) in [6.07, 6.45) is 8.24. The standard InChI is InChI=1S/C13H24O/c1-5-12(3,4)10-13(14)8-6-11(2)7-9-13/h6,8,11,14H,5,7,9-10H2,1-4H3. The van der Waals surface area contributed by atoms with Crippen LogP contribution in [0.3, 0.4) is 0 Å². The van der Waals surface area contributed by atoms with Gasteiger partial charge in [-0.3, -0.25) is 0 Å². The van der Waals surface area contributed by atoms with Crippen molar-refractivity contribution < 1.29 is 5.11 Å². The molecule has 1 aliphatic carbocycles. The molecule has 0 saturated carbocycles. The molecule has 82 valence electrons. The Morgan fingerprint density at radius 2 is 2.14 bits per heavy atom. The van der Waals surface area contributed by atoms with Crippen LogP contribution in [0, 0.1) is 11.3 Å². The third-order valence-corrected chi connectivity index (χ3v) is 3.51. The molecule has 0 heterocycles. The molecule has 14 heavy (non-hydrogen) atoms. The van der Waals surface area contributed by atoms with Crippen LogP contribution in [0.15, 0.2) is 12.2 Å². The predicted octanol–water partition coefficient (Wildman–Crippen LogP) is 3.53. The van der Waals surface area contributed by atoms with Gasteiger partial charge in [0.15, 0.2) is 0 Å². The van der Waals surface area contributed by atoms with Gasteiger partial charge in [0.2, 0.25) is 0 Å². The van der Waals surface area contributed by atoms with Crippen LogP contribution >= 0.6 is 0 Å². The highest BCUT2D eigenvalue weighted by molar-refractivity contribution is 5.08. The molecule has 0 bridgehead atoms. The Morgan fingerprint density at radius 1 is 1.50 bits per heavy atom. The van der Waals surface area contributed by atoms with Crippen molar-refractivity contribution in [1.82, 2.24) is 0 Å². The zero-order valence-electron chi connectivity index (χ0n) is 10.0. The number of hydrogen-bond donors (Lipinski definition) is 1. The first-order chi connectivity index (χ1) is 6.37. The normalized spacial score (nSPS) is 33.4. The Labute approximate surface area is 88.2 Å². The predicted molar refractivity (Wildman–Crippen MR) is 61.2 cm³/mol. The van der Waals surface area contributed by atoms with Crippen molar-refractivity contribution >= 4 is 0 Å². The minimum atomic E-state index is -0.536. The molecule has 1 N–H and O–H groups in total.